The molecule has 0 nitrogen and oxygen atoms in total. The first kappa shape index (κ1) is 12.9. The van der Waals surface area contributed by atoms with Gasteiger partial charge in [0.1, 0.15) is 0 Å². The Morgan fingerprint density at radius 3 is 2.05 bits per heavy atom. The molecule has 0 aromatic heterocycles. The zero-order chi connectivity index (χ0) is 13.9. The minimum atomic E-state index is 1.14. The first-order chi connectivity index (χ1) is 9.74. The lowest BCUT2D eigenvalue weighted by Crippen LogP contribution is -1.94. The Morgan fingerprint density at radius 1 is 0.700 bits per heavy atom. The van der Waals surface area contributed by atoms with Gasteiger partial charge in [0.25, 0.3) is 0 Å². The molecule has 0 saturated heterocycles. The van der Waals surface area contributed by atoms with Gasteiger partial charge in [0.05, 0.1) is 0 Å². The molecule has 0 unspecified atom stereocenters. The van der Waals surface area contributed by atoms with Gasteiger partial charge in [-0.2, -0.15) is 0 Å². The van der Waals surface area contributed by atoms with Crippen LogP contribution in [0.5, 0.6) is 0 Å². The highest BCUT2D eigenvalue weighted by Gasteiger charge is 2.11. The lowest BCUT2D eigenvalue weighted by molar-refractivity contribution is 0.977. The summed E-state index contributed by atoms with van der Waals surface area (Å²) in [5.74, 6) is 0. The van der Waals surface area contributed by atoms with Crippen molar-refractivity contribution in [2.75, 3.05) is 0 Å². The fraction of sp³-hybridized carbons (Fsp3) is 0.200. The van der Waals surface area contributed by atoms with Gasteiger partial charge >= 0.3 is 0 Å². The summed E-state index contributed by atoms with van der Waals surface area (Å²) in [6, 6.07) is 17.6. The molecule has 0 N–H and O–H groups in total. The van der Waals surface area contributed by atoms with Crippen molar-refractivity contribution in [3.63, 3.8) is 0 Å². The van der Waals surface area contributed by atoms with E-state index in [0.29, 0.717) is 0 Å². The van der Waals surface area contributed by atoms with E-state index in [0.717, 1.165) is 6.42 Å². The Hall–Kier alpha value is -2.08. The van der Waals surface area contributed by atoms with Gasteiger partial charge in [-0.05, 0) is 49.0 Å². The molecule has 0 fully saturated rings. The van der Waals surface area contributed by atoms with E-state index in [1.54, 1.807) is 0 Å². The van der Waals surface area contributed by atoms with Crippen LogP contribution in [0.15, 0.2) is 66.3 Å². The topological polar surface area (TPSA) is 0 Å². The molecule has 0 heteroatoms. The predicted molar refractivity (Wildman–Crippen MR) is 87.6 cm³/mol. The number of aryl methyl sites for hydroxylation is 1. The summed E-state index contributed by atoms with van der Waals surface area (Å²) in [4.78, 5) is 0. The van der Waals surface area contributed by atoms with Crippen LogP contribution in [0.25, 0.3) is 16.7 Å². The zero-order valence-corrected chi connectivity index (χ0v) is 12.2. The normalized spacial score (nSPS) is 14.7. The molecule has 20 heavy (non-hydrogen) atoms. The largest absolute Gasteiger partial charge is 0.0730 e. The van der Waals surface area contributed by atoms with Crippen LogP contribution in [0.4, 0.5) is 0 Å². The summed E-state index contributed by atoms with van der Waals surface area (Å²) in [5.41, 5.74) is 8.25. The first-order valence-electron chi connectivity index (χ1n) is 7.27. The summed E-state index contributed by atoms with van der Waals surface area (Å²) in [5, 5.41) is 0. The molecule has 1 aliphatic carbocycles. The van der Waals surface area contributed by atoms with Gasteiger partial charge in [-0.1, -0.05) is 71.8 Å². The molecular formula is C20H20. The van der Waals surface area contributed by atoms with E-state index in [4.69, 9.17) is 0 Å². The van der Waals surface area contributed by atoms with E-state index in [1.807, 2.05) is 0 Å². The number of hydrogen-bond donors (Lipinski definition) is 0. The molecule has 0 saturated carbocycles. The minimum absolute atomic E-state index is 1.14. The standard InChI is InChI=1S/C20H20/c1-15-7-11-17(12-8-15)19-5-3-4-6-20(19)18-13-9-16(2)10-14-18/h3-9,11-13H,10,14H2,1-2H3. The van der Waals surface area contributed by atoms with Gasteiger partial charge in [0.2, 0.25) is 0 Å². The van der Waals surface area contributed by atoms with Crippen LogP contribution in [-0.4, -0.2) is 0 Å². The van der Waals surface area contributed by atoms with E-state index >= 15 is 0 Å². The second-order valence-electron chi connectivity index (χ2n) is 5.62. The zero-order valence-electron chi connectivity index (χ0n) is 12.2. The smallest absolute Gasteiger partial charge is 0.0109 e. The third-order valence-corrected chi connectivity index (χ3v) is 3.99. The second-order valence-corrected chi connectivity index (χ2v) is 5.62. The Balaban J connectivity index is 2.07. The third-order valence-electron chi connectivity index (χ3n) is 3.99. The fourth-order valence-corrected chi connectivity index (χ4v) is 2.71. The number of rotatable bonds is 2. The highest BCUT2D eigenvalue weighted by atomic mass is 14.2. The van der Waals surface area contributed by atoms with Crippen molar-refractivity contribution in [1.82, 2.24) is 0 Å². The van der Waals surface area contributed by atoms with Gasteiger partial charge in [0, 0.05) is 0 Å². The first-order valence-corrected chi connectivity index (χ1v) is 7.27. The van der Waals surface area contributed by atoms with Crippen molar-refractivity contribution >= 4 is 5.57 Å². The Bertz CT molecular complexity index is 669. The van der Waals surface area contributed by atoms with E-state index in [9.17, 15) is 0 Å². The summed E-state index contributed by atoms with van der Waals surface area (Å²) in [6.07, 6.45) is 6.86. The van der Waals surface area contributed by atoms with Crippen molar-refractivity contribution in [2.45, 2.75) is 26.7 Å². The average molecular weight is 260 g/mol. The quantitative estimate of drug-likeness (QED) is 0.641. The van der Waals surface area contributed by atoms with Crippen LogP contribution in [0.1, 0.15) is 30.9 Å². The molecule has 0 radical (unpaired) electrons. The van der Waals surface area contributed by atoms with E-state index in [2.05, 4.69) is 74.5 Å². The summed E-state index contributed by atoms with van der Waals surface area (Å²) in [7, 11) is 0. The van der Waals surface area contributed by atoms with E-state index in [-0.39, 0.29) is 0 Å². The Morgan fingerprint density at radius 2 is 1.40 bits per heavy atom. The summed E-state index contributed by atoms with van der Waals surface area (Å²) in [6.45, 7) is 4.34. The van der Waals surface area contributed by atoms with Crippen LogP contribution in [0.3, 0.4) is 0 Å². The molecule has 2 aromatic rings. The molecule has 0 aliphatic heterocycles. The van der Waals surface area contributed by atoms with Crippen LogP contribution in [0, 0.1) is 6.92 Å². The monoisotopic (exact) mass is 260 g/mol. The maximum absolute atomic E-state index is 2.28. The molecule has 2 aromatic carbocycles. The second kappa shape index (κ2) is 5.50. The lowest BCUT2D eigenvalue weighted by atomic mass is 9.88. The maximum atomic E-state index is 2.28. The van der Waals surface area contributed by atoms with Crippen molar-refractivity contribution in [2.24, 2.45) is 0 Å². The number of hydrogen-bond acceptors (Lipinski definition) is 0. The van der Waals surface area contributed by atoms with Crippen LogP contribution in [-0.2, 0) is 0 Å². The molecular weight excluding hydrogens is 240 g/mol. The van der Waals surface area contributed by atoms with Crippen LogP contribution >= 0.6 is 0 Å². The Kier molecular flexibility index (Phi) is 3.56. The summed E-state index contributed by atoms with van der Waals surface area (Å²) >= 11 is 0. The van der Waals surface area contributed by atoms with Gasteiger partial charge in [-0.25, -0.2) is 0 Å². The maximum Gasteiger partial charge on any atom is -0.0109 e. The van der Waals surface area contributed by atoms with Crippen LogP contribution in [0.2, 0.25) is 0 Å². The van der Waals surface area contributed by atoms with Gasteiger partial charge < -0.3 is 0 Å². The van der Waals surface area contributed by atoms with Gasteiger partial charge in [-0.15, -0.1) is 0 Å². The molecule has 0 bridgehead atoms. The van der Waals surface area contributed by atoms with E-state index in [1.165, 1.54) is 39.8 Å². The Labute approximate surface area is 121 Å². The molecule has 100 valence electrons. The van der Waals surface area contributed by atoms with Crippen molar-refractivity contribution in [3.05, 3.63) is 77.4 Å². The molecule has 0 atom stereocenters. The fourth-order valence-electron chi connectivity index (χ4n) is 2.71. The highest BCUT2D eigenvalue weighted by molar-refractivity contribution is 5.82. The highest BCUT2D eigenvalue weighted by Crippen LogP contribution is 2.33. The molecule has 0 amide bonds. The van der Waals surface area contributed by atoms with Gasteiger partial charge in [0.15, 0.2) is 0 Å². The minimum Gasteiger partial charge on any atom is -0.0730 e. The molecule has 1 aliphatic rings. The van der Waals surface area contributed by atoms with Crippen molar-refractivity contribution < 1.29 is 0 Å². The molecule has 3 rings (SSSR count). The predicted octanol–water partition coefficient (Wildman–Crippen LogP) is 5.79. The molecule has 0 heterocycles. The van der Waals surface area contributed by atoms with Crippen LogP contribution < -0.4 is 0 Å². The van der Waals surface area contributed by atoms with Crippen molar-refractivity contribution in [1.29, 1.82) is 0 Å². The van der Waals surface area contributed by atoms with E-state index < -0.39 is 0 Å². The molecule has 0 spiro atoms. The average Bonchev–Trinajstić information content (AvgIpc) is 2.49. The number of benzene rings is 2. The van der Waals surface area contributed by atoms with Gasteiger partial charge in [-0.3, -0.25) is 0 Å². The lowest BCUT2D eigenvalue weighted by Gasteiger charge is -2.16. The van der Waals surface area contributed by atoms with Crippen molar-refractivity contribution in [3.8, 4) is 11.1 Å². The third kappa shape index (κ3) is 2.60. The number of allylic oxidation sites excluding steroid dienone is 4. The SMILES string of the molecule is CC1=CC=C(c2ccccc2-c2ccc(C)cc2)CC1. The summed E-state index contributed by atoms with van der Waals surface area (Å²) < 4.78 is 0.